The highest BCUT2D eigenvalue weighted by Gasteiger charge is 2.70. The van der Waals surface area contributed by atoms with Crippen LogP contribution in [0.5, 0.6) is 0 Å². The van der Waals surface area contributed by atoms with Gasteiger partial charge < -0.3 is 5.32 Å². The number of carbonyl (C=O) groups is 3. The predicted octanol–water partition coefficient (Wildman–Crippen LogP) is 3.88. The van der Waals surface area contributed by atoms with E-state index in [1.165, 1.54) is 4.90 Å². The molecule has 1 spiro atoms. The molecule has 2 aromatic rings. The number of fused-ring (bicyclic) bond motifs is 4. The molecule has 4 atom stereocenters. The van der Waals surface area contributed by atoms with E-state index in [1.807, 2.05) is 26.8 Å². The van der Waals surface area contributed by atoms with Crippen LogP contribution in [0, 0.1) is 24.7 Å². The highest BCUT2D eigenvalue weighted by atomic mass is 35.5. The number of benzene rings is 2. The molecule has 0 unspecified atom stereocenters. The molecule has 0 aliphatic carbocycles. The Labute approximate surface area is 196 Å². The summed E-state index contributed by atoms with van der Waals surface area (Å²) in [5.41, 5.74) is 1.45. The number of anilines is 1. The van der Waals surface area contributed by atoms with Crippen LogP contribution in [-0.2, 0) is 26.5 Å². The van der Waals surface area contributed by atoms with Crippen LogP contribution < -0.4 is 10.6 Å². The van der Waals surface area contributed by atoms with Gasteiger partial charge in [-0.15, -0.1) is 0 Å². The molecule has 0 aromatic heterocycles. The molecule has 2 saturated heterocycles. The quantitative estimate of drug-likeness (QED) is 0.665. The molecule has 0 saturated carbocycles. The van der Waals surface area contributed by atoms with E-state index < -0.39 is 17.4 Å². The number of hydrogen-bond donors (Lipinski definition) is 2. The molecule has 8 heteroatoms. The van der Waals surface area contributed by atoms with Crippen molar-refractivity contribution in [3.8, 4) is 0 Å². The van der Waals surface area contributed by atoms with E-state index in [4.69, 9.17) is 23.2 Å². The summed E-state index contributed by atoms with van der Waals surface area (Å²) in [6.07, 6.45) is 0. The van der Waals surface area contributed by atoms with Crippen molar-refractivity contribution in [3.05, 3.63) is 63.1 Å². The average Bonchev–Trinajstić information content (AvgIpc) is 3.31. The summed E-state index contributed by atoms with van der Waals surface area (Å²) in [5, 5.41) is 7.33. The molecule has 3 heterocycles. The molecule has 6 nitrogen and oxygen atoms in total. The molecular weight excluding hydrogens is 449 g/mol. The first-order valence-electron chi connectivity index (χ1n) is 10.6. The lowest BCUT2D eigenvalue weighted by atomic mass is 9.75. The van der Waals surface area contributed by atoms with Crippen molar-refractivity contribution in [2.75, 3.05) is 5.32 Å². The second kappa shape index (κ2) is 7.30. The number of likely N-dealkylation sites (tertiary alicyclic amines) is 1. The number of amides is 3. The van der Waals surface area contributed by atoms with Crippen LogP contribution in [0.1, 0.15) is 30.5 Å². The molecule has 0 bridgehead atoms. The summed E-state index contributed by atoms with van der Waals surface area (Å²) in [4.78, 5) is 42.1. The van der Waals surface area contributed by atoms with Gasteiger partial charge in [0.1, 0.15) is 5.54 Å². The van der Waals surface area contributed by atoms with Gasteiger partial charge in [0.05, 0.1) is 18.4 Å². The van der Waals surface area contributed by atoms with Crippen LogP contribution >= 0.6 is 23.2 Å². The van der Waals surface area contributed by atoms with Gasteiger partial charge in [-0.3, -0.25) is 24.6 Å². The van der Waals surface area contributed by atoms with Gasteiger partial charge in [-0.2, -0.15) is 0 Å². The summed E-state index contributed by atoms with van der Waals surface area (Å²) in [6.45, 7) is 5.91. The molecule has 3 aliphatic heterocycles. The van der Waals surface area contributed by atoms with Gasteiger partial charge in [0.2, 0.25) is 17.7 Å². The van der Waals surface area contributed by atoms with Crippen molar-refractivity contribution in [2.45, 2.75) is 38.9 Å². The minimum atomic E-state index is -1.34. The number of aryl methyl sites for hydroxylation is 1. The third-order valence-electron chi connectivity index (χ3n) is 7.02. The minimum absolute atomic E-state index is 0.0241. The van der Waals surface area contributed by atoms with Crippen molar-refractivity contribution in [1.82, 2.24) is 10.2 Å². The van der Waals surface area contributed by atoms with Crippen molar-refractivity contribution < 1.29 is 14.4 Å². The van der Waals surface area contributed by atoms with Crippen molar-refractivity contribution in [3.63, 3.8) is 0 Å². The normalized spacial score (nSPS) is 28.6. The molecule has 2 fully saturated rings. The number of nitrogens with one attached hydrogen (secondary N) is 2. The smallest absolute Gasteiger partial charge is 0.250 e. The van der Waals surface area contributed by atoms with Gasteiger partial charge in [-0.25, -0.2) is 0 Å². The topological polar surface area (TPSA) is 78.5 Å². The Balaban J connectivity index is 1.65. The number of rotatable bonds is 3. The number of halogens is 2. The van der Waals surface area contributed by atoms with Crippen LogP contribution in [0.25, 0.3) is 0 Å². The summed E-state index contributed by atoms with van der Waals surface area (Å²) in [6, 6.07) is 10.3. The Morgan fingerprint density at radius 1 is 1.09 bits per heavy atom. The Kier molecular flexibility index (Phi) is 4.89. The lowest BCUT2D eigenvalue weighted by molar-refractivity contribution is -0.143. The van der Waals surface area contributed by atoms with Crippen LogP contribution in [0.3, 0.4) is 0 Å². The van der Waals surface area contributed by atoms with Gasteiger partial charge in [-0.05, 0) is 42.2 Å². The highest BCUT2D eigenvalue weighted by molar-refractivity contribution is 6.31. The standard InChI is InChI=1S/C24H23Cl2N3O3/c1-11(2)19-17-18(22(31)29(21(17)30)10-13-6-4-5-7-16(13)26)24(28-19)15-9-14(25)8-12(3)20(15)27-23(24)32/h4-9,11,17-19,28H,10H2,1-3H3,(H,27,32)/t17-,18-,19-,24-/m0/s1. The first-order valence-corrected chi connectivity index (χ1v) is 11.4. The van der Waals surface area contributed by atoms with E-state index in [0.717, 1.165) is 5.56 Å². The van der Waals surface area contributed by atoms with Crippen LogP contribution in [-0.4, -0.2) is 28.7 Å². The fourth-order valence-corrected chi connectivity index (χ4v) is 6.02. The zero-order valence-corrected chi connectivity index (χ0v) is 19.4. The van der Waals surface area contributed by atoms with Crippen molar-refractivity contribution >= 4 is 46.6 Å². The molecule has 3 aliphatic rings. The van der Waals surface area contributed by atoms with E-state index in [0.29, 0.717) is 26.9 Å². The van der Waals surface area contributed by atoms with E-state index in [-0.39, 0.29) is 36.2 Å². The molecule has 3 amide bonds. The zero-order valence-electron chi connectivity index (χ0n) is 17.9. The maximum absolute atomic E-state index is 13.8. The Morgan fingerprint density at radius 2 is 1.81 bits per heavy atom. The third kappa shape index (κ3) is 2.79. The second-order valence-corrected chi connectivity index (χ2v) is 10.0. The van der Waals surface area contributed by atoms with Crippen LogP contribution in [0.2, 0.25) is 10.0 Å². The number of imide groups is 1. The van der Waals surface area contributed by atoms with Crippen molar-refractivity contribution in [1.29, 1.82) is 0 Å². The van der Waals surface area contributed by atoms with Crippen LogP contribution in [0.4, 0.5) is 5.69 Å². The first-order chi connectivity index (χ1) is 15.2. The summed E-state index contributed by atoms with van der Waals surface area (Å²) >= 11 is 12.7. The fraction of sp³-hybridized carbons (Fsp3) is 0.375. The lowest BCUT2D eigenvalue weighted by Gasteiger charge is -2.30. The first kappa shape index (κ1) is 21.4. The largest absolute Gasteiger partial charge is 0.324 e. The zero-order chi connectivity index (χ0) is 22.9. The van der Waals surface area contributed by atoms with E-state index in [1.54, 1.807) is 30.3 Å². The maximum atomic E-state index is 13.8. The molecule has 5 rings (SSSR count). The second-order valence-electron chi connectivity index (χ2n) is 9.18. The SMILES string of the molecule is Cc1cc(Cl)cc2c1NC(=O)[C@]21N[C@@H](C(C)C)[C@H]2C(=O)N(Cc3ccccc3Cl)C(=O)[C@H]21. The lowest BCUT2D eigenvalue weighted by Crippen LogP contribution is -2.53. The molecule has 166 valence electrons. The van der Waals surface area contributed by atoms with Gasteiger partial charge in [-0.1, -0.05) is 55.2 Å². The summed E-state index contributed by atoms with van der Waals surface area (Å²) < 4.78 is 0. The van der Waals surface area contributed by atoms with E-state index >= 15 is 0 Å². The third-order valence-corrected chi connectivity index (χ3v) is 7.60. The Morgan fingerprint density at radius 3 is 2.50 bits per heavy atom. The monoisotopic (exact) mass is 471 g/mol. The number of nitrogens with zero attached hydrogens (tertiary/aromatic N) is 1. The van der Waals surface area contributed by atoms with Gasteiger partial charge in [0, 0.05) is 27.3 Å². The molecule has 0 radical (unpaired) electrons. The van der Waals surface area contributed by atoms with Crippen LogP contribution in [0.15, 0.2) is 36.4 Å². The minimum Gasteiger partial charge on any atom is -0.324 e. The van der Waals surface area contributed by atoms with Gasteiger partial charge >= 0.3 is 0 Å². The van der Waals surface area contributed by atoms with E-state index in [2.05, 4.69) is 10.6 Å². The van der Waals surface area contributed by atoms with Crippen molar-refractivity contribution in [2.24, 2.45) is 17.8 Å². The average molecular weight is 472 g/mol. The van der Waals surface area contributed by atoms with Gasteiger partial charge in [0.25, 0.3) is 0 Å². The Hall–Kier alpha value is -2.41. The Bertz CT molecular complexity index is 1180. The summed E-state index contributed by atoms with van der Waals surface area (Å²) in [5.74, 6) is -2.45. The number of carbonyl (C=O) groups excluding carboxylic acids is 3. The predicted molar refractivity (Wildman–Crippen MR) is 122 cm³/mol. The number of hydrogen-bond acceptors (Lipinski definition) is 4. The van der Waals surface area contributed by atoms with Gasteiger partial charge in [0.15, 0.2) is 0 Å². The molecule has 2 N–H and O–H groups in total. The maximum Gasteiger partial charge on any atom is 0.250 e. The molecule has 2 aromatic carbocycles. The summed E-state index contributed by atoms with van der Waals surface area (Å²) in [7, 11) is 0. The molecular formula is C24H23Cl2N3O3. The van der Waals surface area contributed by atoms with E-state index in [9.17, 15) is 14.4 Å². The fourth-order valence-electron chi connectivity index (χ4n) is 5.55. The highest BCUT2D eigenvalue weighted by Crippen LogP contribution is 2.55. The molecule has 32 heavy (non-hydrogen) atoms.